The van der Waals surface area contributed by atoms with Gasteiger partial charge in [-0.05, 0) is 30.5 Å². The summed E-state index contributed by atoms with van der Waals surface area (Å²) in [5.41, 5.74) is -0.873. The average molecular weight is 330 g/mol. The molecule has 0 spiro atoms. The molecule has 2 rings (SSSR count). The summed E-state index contributed by atoms with van der Waals surface area (Å²) >= 11 is 1.38. The number of hydrogen-bond acceptors (Lipinski definition) is 5. The van der Waals surface area contributed by atoms with Crippen molar-refractivity contribution in [1.82, 2.24) is 4.72 Å². The number of sulfonamides is 1. The summed E-state index contributed by atoms with van der Waals surface area (Å²) in [6, 6.07) is 5.53. The maximum absolute atomic E-state index is 13.2. The first kappa shape index (κ1) is 15.5. The Morgan fingerprint density at radius 2 is 2.10 bits per heavy atom. The van der Waals surface area contributed by atoms with Crippen LogP contribution in [0.5, 0.6) is 0 Å². The highest BCUT2D eigenvalue weighted by Crippen LogP contribution is 2.24. The Bertz CT molecular complexity index is 760. The number of rotatable bonds is 5. The Kier molecular flexibility index (Phi) is 4.35. The number of nitro benzene ring substituents is 1. The van der Waals surface area contributed by atoms with Crippen molar-refractivity contribution in [3.05, 3.63) is 56.5 Å². The first-order chi connectivity index (χ1) is 9.81. The van der Waals surface area contributed by atoms with E-state index in [1.165, 1.54) is 11.3 Å². The minimum absolute atomic E-state index is 0.348. The summed E-state index contributed by atoms with van der Waals surface area (Å²) in [7, 11) is -3.97. The highest BCUT2D eigenvalue weighted by molar-refractivity contribution is 7.89. The van der Waals surface area contributed by atoms with Gasteiger partial charge in [0, 0.05) is 10.9 Å². The molecule has 0 aliphatic rings. The lowest BCUT2D eigenvalue weighted by molar-refractivity contribution is -0.387. The zero-order valence-electron chi connectivity index (χ0n) is 10.8. The van der Waals surface area contributed by atoms with Gasteiger partial charge in [0.15, 0.2) is 0 Å². The number of benzene rings is 1. The fourth-order valence-corrected chi connectivity index (χ4v) is 3.75. The van der Waals surface area contributed by atoms with Gasteiger partial charge in [0.2, 0.25) is 15.8 Å². The molecule has 112 valence electrons. The Morgan fingerprint density at radius 1 is 1.38 bits per heavy atom. The quantitative estimate of drug-likeness (QED) is 0.674. The summed E-state index contributed by atoms with van der Waals surface area (Å²) in [6.45, 7) is 1.65. The molecule has 6 nitrogen and oxygen atoms in total. The maximum atomic E-state index is 13.2. The molecular weight excluding hydrogens is 319 g/mol. The second kappa shape index (κ2) is 5.88. The number of nitrogens with zero attached hydrogens (tertiary/aromatic N) is 1. The van der Waals surface area contributed by atoms with Crippen LogP contribution in [0.4, 0.5) is 10.1 Å². The van der Waals surface area contributed by atoms with Gasteiger partial charge in [-0.1, -0.05) is 6.07 Å². The lowest BCUT2D eigenvalue weighted by Crippen LogP contribution is -2.26. The van der Waals surface area contributed by atoms with Gasteiger partial charge in [0.25, 0.3) is 0 Å². The molecule has 1 N–H and O–H groups in total. The van der Waals surface area contributed by atoms with Crippen molar-refractivity contribution in [2.45, 2.75) is 17.9 Å². The second-order valence-corrected chi connectivity index (χ2v) is 6.92. The molecule has 0 saturated heterocycles. The van der Waals surface area contributed by atoms with E-state index in [2.05, 4.69) is 4.72 Å². The molecule has 1 aromatic heterocycles. The van der Waals surface area contributed by atoms with Crippen LogP contribution in [0.15, 0.2) is 40.6 Å². The summed E-state index contributed by atoms with van der Waals surface area (Å²) in [5.74, 6) is -1.08. The third kappa shape index (κ3) is 3.43. The summed E-state index contributed by atoms with van der Waals surface area (Å²) in [6.07, 6.45) is 0. The van der Waals surface area contributed by atoms with Crippen LogP contribution in [0.3, 0.4) is 0 Å². The lowest BCUT2D eigenvalue weighted by atomic mass is 10.3. The molecule has 1 aromatic carbocycles. The molecule has 0 saturated carbocycles. The largest absolute Gasteiger partial charge is 0.306 e. The average Bonchev–Trinajstić information content (AvgIpc) is 2.92. The highest BCUT2D eigenvalue weighted by atomic mass is 32.2. The van der Waals surface area contributed by atoms with Crippen LogP contribution >= 0.6 is 11.3 Å². The van der Waals surface area contributed by atoms with Crippen molar-refractivity contribution in [3.63, 3.8) is 0 Å². The van der Waals surface area contributed by atoms with E-state index in [1.54, 1.807) is 19.1 Å². The van der Waals surface area contributed by atoms with E-state index in [-0.39, 0.29) is 4.90 Å². The number of thiophene rings is 1. The molecular formula is C12H11FN2O4S2. The predicted octanol–water partition coefficient (Wildman–Crippen LogP) is 2.83. The van der Waals surface area contributed by atoms with Gasteiger partial charge < -0.3 is 0 Å². The van der Waals surface area contributed by atoms with E-state index in [0.717, 1.165) is 17.0 Å². The molecule has 0 aliphatic carbocycles. The van der Waals surface area contributed by atoms with Crippen molar-refractivity contribution >= 4 is 27.0 Å². The zero-order chi connectivity index (χ0) is 15.6. The number of hydrogen-bond donors (Lipinski definition) is 1. The molecule has 0 bridgehead atoms. The maximum Gasteiger partial charge on any atom is 0.306 e. The van der Waals surface area contributed by atoms with E-state index >= 15 is 0 Å². The minimum Gasteiger partial charge on any atom is -0.258 e. The molecule has 0 radical (unpaired) electrons. The smallest absolute Gasteiger partial charge is 0.258 e. The van der Waals surface area contributed by atoms with Gasteiger partial charge in [0.05, 0.1) is 15.9 Å². The zero-order valence-corrected chi connectivity index (χ0v) is 12.4. The molecule has 1 heterocycles. The normalized spacial score (nSPS) is 13.0. The Balaban J connectivity index is 2.32. The van der Waals surface area contributed by atoms with Crippen LogP contribution in [0.25, 0.3) is 0 Å². The van der Waals surface area contributed by atoms with Crippen molar-refractivity contribution in [1.29, 1.82) is 0 Å². The van der Waals surface area contributed by atoms with Crippen molar-refractivity contribution < 1.29 is 17.7 Å². The van der Waals surface area contributed by atoms with E-state index in [0.29, 0.717) is 6.07 Å². The monoisotopic (exact) mass is 330 g/mol. The Morgan fingerprint density at radius 3 is 2.67 bits per heavy atom. The molecule has 1 atom stereocenters. The van der Waals surface area contributed by atoms with Gasteiger partial charge in [-0.3, -0.25) is 10.1 Å². The van der Waals surface area contributed by atoms with Gasteiger partial charge in [-0.25, -0.2) is 13.1 Å². The summed E-state index contributed by atoms with van der Waals surface area (Å²) in [4.78, 5) is 10.2. The van der Waals surface area contributed by atoms with Crippen molar-refractivity contribution in [2.24, 2.45) is 0 Å². The van der Waals surface area contributed by atoms with Gasteiger partial charge in [0.1, 0.15) is 0 Å². The number of nitro groups is 1. The number of nitrogens with one attached hydrogen (secondary N) is 1. The van der Waals surface area contributed by atoms with Crippen molar-refractivity contribution in [2.75, 3.05) is 0 Å². The third-order valence-corrected chi connectivity index (χ3v) is 5.32. The van der Waals surface area contributed by atoms with E-state index < -0.39 is 32.5 Å². The van der Waals surface area contributed by atoms with Crippen LogP contribution in [0, 0.1) is 15.9 Å². The predicted molar refractivity (Wildman–Crippen MR) is 76.1 cm³/mol. The lowest BCUT2D eigenvalue weighted by Gasteiger charge is -2.12. The standard InChI is InChI=1S/C12H11FN2O4S2/c1-8(12-3-2-6-20-12)14-21(18,19)9-4-5-10(13)11(7-9)15(16)17/h2-8,14H,1H3/t8-/m0/s1. The van der Waals surface area contributed by atoms with Crippen molar-refractivity contribution in [3.8, 4) is 0 Å². The Labute approximate surface area is 124 Å². The van der Waals surface area contributed by atoms with Gasteiger partial charge in [-0.15, -0.1) is 11.3 Å². The summed E-state index contributed by atoms with van der Waals surface area (Å²) in [5, 5.41) is 12.5. The second-order valence-electron chi connectivity index (χ2n) is 4.23. The molecule has 2 aromatic rings. The molecule has 21 heavy (non-hydrogen) atoms. The van der Waals surface area contributed by atoms with E-state index in [9.17, 15) is 22.9 Å². The van der Waals surface area contributed by atoms with Crippen LogP contribution in [0.2, 0.25) is 0 Å². The minimum atomic E-state index is -3.97. The van der Waals surface area contributed by atoms with Crippen LogP contribution < -0.4 is 4.72 Å². The van der Waals surface area contributed by atoms with Crippen LogP contribution in [-0.4, -0.2) is 13.3 Å². The van der Waals surface area contributed by atoms with Crippen LogP contribution in [-0.2, 0) is 10.0 Å². The van der Waals surface area contributed by atoms with E-state index in [4.69, 9.17) is 0 Å². The third-order valence-electron chi connectivity index (χ3n) is 2.73. The van der Waals surface area contributed by atoms with E-state index in [1.807, 2.05) is 5.38 Å². The highest BCUT2D eigenvalue weighted by Gasteiger charge is 2.23. The fraction of sp³-hybridized carbons (Fsp3) is 0.167. The summed E-state index contributed by atoms with van der Waals surface area (Å²) < 4.78 is 40.0. The SMILES string of the molecule is C[C@H](NS(=O)(=O)c1ccc(F)c([N+](=O)[O-])c1)c1cccs1. The van der Waals surface area contributed by atoms with Crippen LogP contribution in [0.1, 0.15) is 17.8 Å². The topological polar surface area (TPSA) is 89.3 Å². The first-order valence-corrected chi connectivity index (χ1v) is 8.17. The first-order valence-electron chi connectivity index (χ1n) is 5.81. The Hall–Kier alpha value is -1.84. The molecule has 0 fully saturated rings. The number of halogens is 1. The molecule has 0 unspecified atom stereocenters. The fourth-order valence-electron chi connectivity index (χ4n) is 1.70. The van der Waals surface area contributed by atoms with Gasteiger partial charge in [-0.2, -0.15) is 4.39 Å². The molecule has 0 aliphatic heterocycles. The molecule has 9 heteroatoms. The molecule has 0 amide bonds. The van der Waals surface area contributed by atoms with Gasteiger partial charge >= 0.3 is 5.69 Å².